The number of amides is 3. The zero-order valence-corrected chi connectivity index (χ0v) is 18.9. The first-order valence-electron chi connectivity index (χ1n) is 9.90. The van der Waals surface area contributed by atoms with E-state index in [0.29, 0.717) is 29.5 Å². The summed E-state index contributed by atoms with van der Waals surface area (Å²) in [4.78, 5) is 48.5. The Morgan fingerprint density at radius 2 is 1.67 bits per heavy atom. The number of nitro benzene ring substituents is 1. The molecule has 0 bridgehead atoms. The molecule has 0 aromatic heterocycles. The van der Waals surface area contributed by atoms with Crippen molar-refractivity contribution in [2.75, 3.05) is 16.0 Å². The molecule has 0 radical (unpaired) electrons. The molecular formula is C21H15F6N3O5S. The lowest BCUT2D eigenvalue weighted by Crippen LogP contribution is -2.31. The molecule has 36 heavy (non-hydrogen) atoms. The zero-order chi connectivity index (χ0) is 27.0. The van der Waals surface area contributed by atoms with E-state index in [1.165, 1.54) is 19.1 Å². The molecule has 1 saturated heterocycles. The van der Waals surface area contributed by atoms with Crippen LogP contribution in [0.2, 0.25) is 0 Å². The first-order valence-corrected chi connectivity index (χ1v) is 11.0. The van der Waals surface area contributed by atoms with Crippen LogP contribution < -0.4 is 10.2 Å². The Bertz CT molecular complexity index is 1220. The second-order valence-electron chi connectivity index (χ2n) is 7.64. The van der Waals surface area contributed by atoms with E-state index in [1.807, 2.05) is 5.32 Å². The zero-order valence-electron chi connectivity index (χ0n) is 18.1. The van der Waals surface area contributed by atoms with E-state index in [4.69, 9.17) is 0 Å². The highest BCUT2D eigenvalue weighted by molar-refractivity contribution is 8.01. The van der Waals surface area contributed by atoms with Gasteiger partial charge in [-0.25, -0.2) is 4.90 Å². The van der Waals surface area contributed by atoms with Crippen molar-refractivity contribution in [3.8, 4) is 0 Å². The summed E-state index contributed by atoms with van der Waals surface area (Å²) in [6, 6.07) is 4.34. The molecule has 1 heterocycles. The van der Waals surface area contributed by atoms with Gasteiger partial charge in [0.15, 0.2) is 0 Å². The van der Waals surface area contributed by atoms with Crippen LogP contribution in [0.3, 0.4) is 0 Å². The van der Waals surface area contributed by atoms with Crippen LogP contribution in [0.5, 0.6) is 0 Å². The number of imide groups is 1. The van der Waals surface area contributed by atoms with Crippen molar-refractivity contribution >= 4 is 46.5 Å². The Balaban J connectivity index is 1.71. The predicted octanol–water partition coefficient (Wildman–Crippen LogP) is 4.94. The van der Waals surface area contributed by atoms with Gasteiger partial charge in [0.1, 0.15) is 0 Å². The molecule has 1 aliphatic heterocycles. The molecule has 3 amide bonds. The third-order valence-corrected chi connectivity index (χ3v) is 6.24. The van der Waals surface area contributed by atoms with Crippen LogP contribution in [-0.2, 0) is 26.7 Å². The van der Waals surface area contributed by atoms with Gasteiger partial charge < -0.3 is 5.32 Å². The fraction of sp³-hybridized carbons (Fsp3) is 0.286. The minimum atomic E-state index is -5.10. The van der Waals surface area contributed by atoms with Crippen LogP contribution in [0.25, 0.3) is 0 Å². The van der Waals surface area contributed by atoms with Crippen LogP contribution in [0, 0.1) is 17.0 Å². The van der Waals surface area contributed by atoms with Crippen LogP contribution in [0.1, 0.15) is 23.1 Å². The third-order valence-electron chi connectivity index (χ3n) is 5.04. The first-order chi connectivity index (χ1) is 16.6. The number of alkyl halides is 6. The molecule has 1 atom stereocenters. The number of benzene rings is 2. The van der Waals surface area contributed by atoms with E-state index in [0.717, 1.165) is 11.0 Å². The Morgan fingerprint density at radius 3 is 2.19 bits per heavy atom. The number of carbonyl (C=O) groups is 3. The van der Waals surface area contributed by atoms with Crippen LogP contribution >= 0.6 is 11.8 Å². The van der Waals surface area contributed by atoms with E-state index < -0.39 is 62.8 Å². The molecule has 8 nitrogen and oxygen atoms in total. The summed E-state index contributed by atoms with van der Waals surface area (Å²) in [6.07, 6.45) is -10.6. The molecule has 2 aromatic rings. The van der Waals surface area contributed by atoms with Crippen LogP contribution in [0.15, 0.2) is 36.4 Å². The molecule has 0 saturated carbocycles. The molecular weight excluding hydrogens is 520 g/mol. The Labute approximate surface area is 202 Å². The van der Waals surface area contributed by atoms with Gasteiger partial charge in [0.2, 0.25) is 17.7 Å². The van der Waals surface area contributed by atoms with Crippen LogP contribution in [-0.4, -0.2) is 33.6 Å². The van der Waals surface area contributed by atoms with Crippen molar-refractivity contribution in [1.82, 2.24) is 0 Å². The average molecular weight is 535 g/mol. The monoisotopic (exact) mass is 535 g/mol. The molecule has 1 fully saturated rings. The van der Waals surface area contributed by atoms with Gasteiger partial charge in [-0.3, -0.25) is 24.5 Å². The van der Waals surface area contributed by atoms with Gasteiger partial charge >= 0.3 is 12.4 Å². The summed E-state index contributed by atoms with van der Waals surface area (Å²) in [7, 11) is 0. The Hall–Kier alpha value is -3.62. The van der Waals surface area contributed by atoms with Gasteiger partial charge in [-0.05, 0) is 31.2 Å². The smallest absolute Gasteiger partial charge is 0.325 e. The van der Waals surface area contributed by atoms with Gasteiger partial charge in [-0.1, -0.05) is 6.07 Å². The second kappa shape index (κ2) is 9.79. The molecule has 3 rings (SSSR count). The van der Waals surface area contributed by atoms with Crippen molar-refractivity contribution < 1.29 is 45.6 Å². The lowest BCUT2D eigenvalue weighted by molar-refractivity contribution is -0.385. The molecule has 0 unspecified atom stereocenters. The van der Waals surface area contributed by atoms with Crippen LogP contribution in [0.4, 0.5) is 43.4 Å². The topological polar surface area (TPSA) is 110 Å². The number of aryl methyl sites for hydroxylation is 1. The molecule has 0 aliphatic carbocycles. The van der Waals surface area contributed by atoms with Gasteiger partial charge in [-0.2, -0.15) is 26.3 Å². The van der Waals surface area contributed by atoms with E-state index in [9.17, 15) is 50.8 Å². The van der Waals surface area contributed by atoms with E-state index >= 15 is 0 Å². The minimum Gasteiger partial charge on any atom is -0.325 e. The van der Waals surface area contributed by atoms with Gasteiger partial charge in [-0.15, -0.1) is 11.8 Å². The molecule has 1 N–H and O–H groups in total. The normalized spacial score (nSPS) is 16.4. The van der Waals surface area contributed by atoms with Crippen molar-refractivity contribution in [1.29, 1.82) is 0 Å². The third kappa shape index (κ3) is 5.95. The van der Waals surface area contributed by atoms with Crippen molar-refractivity contribution in [3.05, 3.63) is 63.2 Å². The van der Waals surface area contributed by atoms with Crippen molar-refractivity contribution in [2.45, 2.75) is 30.9 Å². The van der Waals surface area contributed by atoms with E-state index in [-0.39, 0.29) is 23.9 Å². The molecule has 0 spiro atoms. The predicted molar refractivity (Wildman–Crippen MR) is 116 cm³/mol. The first kappa shape index (κ1) is 27.0. The standard InChI is InChI=1S/C21H15F6N3O5S/c1-10-2-3-14(7-15(10)30(34)35)29-18(32)8-16(19(29)33)36-9-17(31)28-13-5-11(20(22,23)24)4-12(6-13)21(25,26)27/h2-7,16H,8-9H2,1H3,(H,28,31)/t16-/m1/s1. The number of nitrogens with zero attached hydrogens (tertiary/aromatic N) is 2. The number of anilines is 2. The fourth-order valence-corrected chi connectivity index (χ4v) is 4.27. The molecule has 2 aromatic carbocycles. The molecule has 1 aliphatic rings. The summed E-state index contributed by atoms with van der Waals surface area (Å²) in [5, 5.41) is 12.0. The average Bonchev–Trinajstić information content (AvgIpc) is 3.04. The minimum absolute atomic E-state index is 0.0431. The summed E-state index contributed by atoms with van der Waals surface area (Å²) in [5.74, 6) is -3.03. The van der Waals surface area contributed by atoms with Crippen molar-refractivity contribution in [3.63, 3.8) is 0 Å². The number of thioether (sulfide) groups is 1. The fourth-order valence-electron chi connectivity index (χ4n) is 3.34. The van der Waals surface area contributed by atoms with Gasteiger partial charge in [0.05, 0.1) is 32.7 Å². The summed E-state index contributed by atoms with van der Waals surface area (Å²) in [5.41, 5.74) is -4.03. The van der Waals surface area contributed by atoms with Gasteiger partial charge in [0, 0.05) is 23.7 Å². The lowest BCUT2D eigenvalue weighted by atomic mass is 10.1. The van der Waals surface area contributed by atoms with Crippen molar-refractivity contribution in [2.24, 2.45) is 0 Å². The maximum absolute atomic E-state index is 13.0. The molecule has 15 heteroatoms. The largest absolute Gasteiger partial charge is 0.416 e. The number of rotatable bonds is 6. The summed E-state index contributed by atoms with van der Waals surface area (Å²) < 4.78 is 77.9. The number of carbonyl (C=O) groups excluding carboxylic acids is 3. The van der Waals surface area contributed by atoms with E-state index in [1.54, 1.807) is 0 Å². The molecule has 192 valence electrons. The van der Waals surface area contributed by atoms with E-state index in [2.05, 4.69) is 0 Å². The number of hydrogen-bond donors (Lipinski definition) is 1. The maximum atomic E-state index is 13.0. The quantitative estimate of drug-likeness (QED) is 0.243. The Kier molecular flexibility index (Phi) is 7.34. The highest BCUT2D eigenvalue weighted by Crippen LogP contribution is 2.38. The Morgan fingerprint density at radius 1 is 1.08 bits per heavy atom. The highest BCUT2D eigenvalue weighted by Gasteiger charge is 2.41. The summed E-state index contributed by atoms with van der Waals surface area (Å²) >= 11 is 0.652. The van der Waals surface area contributed by atoms with Gasteiger partial charge in [0.25, 0.3) is 5.69 Å². The lowest BCUT2D eigenvalue weighted by Gasteiger charge is -2.16. The number of halogens is 6. The summed E-state index contributed by atoms with van der Waals surface area (Å²) in [6.45, 7) is 1.47. The number of nitrogens with one attached hydrogen (secondary N) is 1. The highest BCUT2D eigenvalue weighted by atomic mass is 32.2. The number of hydrogen-bond acceptors (Lipinski definition) is 6. The maximum Gasteiger partial charge on any atom is 0.416 e. The second-order valence-corrected chi connectivity index (χ2v) is 8.83. The number of nitro groups is 1. The SMILES string of the molecule is Cc1ccc(N2C(=O)C[C@@H](SCC(=O)Nc3cc(C(F)(F)F)cc(C(F)(F)F)c3)C2=O)cc1[N+](=O)[O-].